The molecule has 1 aliphatic heterocycles. The Morgan fingerprint density at radius 1 is 0.707 bits per heavy atom. The number of rotatable bonds is 6. The number of ether oxygens (including phenoxy) is 3. The predicted molar refractivity (Wildman–Crippen MR) is 138 cm³/mol. The number of halogens is 7. The van der Waals surface area contributed by atoms with Crippen molar-refractivity contribution in [3.05, 3.63) is 53.6 Å². The van der Waals surface area contributed by atoms with E-state index in [1.165, 1.54) is 0 Å². The van der Waals surface area contributed by atoms with Crippen molar-refractivity contribution in [3.63, 3.8) is 0 Å². The van der Waals surface area contributed by atoms with Crippen molar-refractivity contribution in [2.24, 2.45) is 29.6 Å². The second-order valence-electron chi connectivity index (χ2n) is 11.9. The quantitative estimate of drug-likeness (QED) is 0.315. The van der Waals surface area contributed by atoms with E-state index in [1.807, 2.05) is 0 Å². The van der Waals surface area contributed by atoms with Crippen LogP contribution in [-0.2, 0) is 15.7 Å². The summed E-state index contributed by atoms with van der Waals surface area (Å²) in [6, 6.07) is 4.57. The number of alkyl halides is 5. The van der Waals surface area contributed by atoms with Gasteiger partial charge in [0.05, 0.1) is 30.3 Å². The first-order chi connectivity index (χ1) is 19.4. The van der Waals surface area contributed by atoms with Crippen molar-refractivity contribution in [1.29, 1.82) is 0 Å². The van der Waals surface area contributed by atoms with Gasteiger partial charge in [0, 0.05) is 24.0 Å². The lowest BCUT2D eigenvalue weighted by Gasteiger charge is -2.41. The third-order valence-corrected chi connectivity index (χ3v) is 8.98. The van der Waals surface area contributed by atoms with Crippen molar-refractivity contribution < 1.29 is 44.9 Å². The largest absolute Gasteiger partial charge is 0.432 e. The van der Waals surface area contributed by atoms with Crippen LogP contribution in [0.25, 0.3) is 11.1 Å². The highest BCUT2D eigenvalue weighted by Crippen LogP contribution is 2.46. The van der Waals surface area contributed by atoms with Crippen LogP contribution >= 0.6 is 0 Å². The fourth-order valence-corrected chi connectivity index (χ4v) is 6.65. The third-order valence-electron chi connectivity index (χ3n) is 8.98. The van der Waals surface area contributed by atoms with Gasteiger partial charge in [-0.1, -0.05) is 19.1 Å². The summed E-state index contributed by atoms with van der Waals surface area (Å²) in [4.78, 5) is 0. The molecule has 0 amide bonds. The van der Waals surface area contributed by atoms with Crippen LogP contribution < -0.4 is 4.74 Å². The maximum atomic E-state index is 15.1. The van der Waals surface area contributed by atoms with Gasteiger partial charge in [-0.25, -0.2) is 8.78 Å². The van der Waals surface area contributed by atoms with Gasteiger partial charge in [-0.3, -0.25) is 0 Å². The SMILES string of the molecule is CC1COC(C2CCC(C3CCC(C(F)(F)Oc4cc(F)c(-c5ccc(C(F)(F)F)cc5)c(F)c4)CC3)CC2)OC1. The molecule has 2 saturated carbocycles. The number of hydrogen-bond donors (Lipinski definition) is 0. The summed E-state index contributed by atoms with van der Waals surface area (Å²) in [5.41, 5.74) is -1.73. The van der Waals surface area contributed by atoms with Gasteiger partial charge in [0.2, 0.25) is 0 Å². The van der Waals surface area contributed by atoms with Crippen LogP contribution in [0.1, 0.15) is 63.9 Å². The minimum Gasteiger partial charge on any atom is -0.432 e. The molecule has 2 aromatic rings. The first kappa shape index (κ1) is 30.1. The van der Waals surface area contributed by atoms with Gasteiger partial charge in [-0.05, 0) is 80.9 Å². The maximum absolute atomic E-state index is 15.1. The Morgan fingerprint density at radius 2 is 1.20 bits per heavy atom. The molecule has 2 aliphatic carbocycles. The Balaban J connectivity index is 1.14. The van der Waals surface area contributed by atoms with Gasteiger partial charge in [-0.2, -0.15) is 22.0 Å². The Bertz CT molecular complexity index is 1140. The summed E-state index contributed by atoms with van der Waals surface area (Å²) in [5.74, 6) is -2.53. The molecule has 10 heteroatoms. The first-order valence-corrected chi connectivity index (χ1v) is 14.4. The Labute approximate surface area is 235 Å². The van der Waals surface area contributed by atoms with E-state index in [4.69, 9.17) is 14.2 Å². The van der Waals surface area contributed by atoms with Gasteiger partial charge in [0.25, 0.3) is 0 Å². The highest BCUT2D eigenvalue weighted by Gasteiger charge is 2.45. The van der Waals surface area contributed by atoms with Crippen LogP contribution in [0.3, 0.4) is 0 Å². The second kappa shape index (κ2) is 12.1. The van der Waals surface area contributed by atoms with Crippen LogP contribution in [0.5, 0.6) is 5.75 Å². The fourth-order valence-electron chi connectivity index (χ4n) is 6.65. The Kier molecular flexibility index (Phi) is 8.90. The first-order valence-electron chi connectivity index (χ1n) is 14.4. The molecule has 3 fully saturated rings. The van der Waals surface area contributed by atoms with E-state index in [0.29, 0.717) is 74.0 Å². The summed E-state index contributed by atoms with van der Waals surface area (Å²) >= 11 is 0. The van der Waals surface area contributed by atoms with E-state index in [0.717, 1.165) is 37.8 Å². The lowest BCUT2D eigenvalue weighted by Crippen LogP contribution is -2.40. The molecule has 5 rings (SSSR count). The lowest BCUT2D eigenvalue weighted by atomic mass is 9.69. The van der Waals surface area contributed by atoms with Crippen molar-refractivity contribution >= 4 is 0 Å². The summed E-state index contributed by atoms with van der Waals surface area (Å²) in [7, 11) is 0. The van der Waals surface area contributed by atoms with Crippen LogP contribution in [0.4, 0.5) is 30.7 Å². The summed E-state index contributed by atoms with van der Waals surface area (Å²) in [6.45, 7) is 3.53. The van der Waals surface area contributed by atoms with E-state index in [1.54, 1.807) is 0 Å². The number of benzene rings is 2. The van der Waals surface area contributed by atoms with Gasteiger partial charge in [0.15, 0.2) is 6.29 Å². The zero-order valence-electron chi connectivity index (χ0n) is 22.9. The van der Waals surface area contributed by atoms with Crippen molar-refractivity contribution in [2.75, 3.05) is 13.2 Å². The molecule has 1 heterocycles. The van der Waals surface area contributed by atoms with E-state index >= 15 is 8.78 Å². The zero-order valence-corrected chi connectivity index (χ0v) is 22.9. The van der Waals surface area contributed by atoms with E-state index in [2.05, 4.69) is 6.92 Å². The summed E-state index contributed by atoms with van der Waals surface area (Å²) < 4.78 is 115. The topological polar surface area (TPSA) is 27.7 Å². The molecular weight excluding hydrogens is 553 g/mol. The average Bonchev–Trinajstić information content (AvgIpc) is 2.93. The lowest BCUT2D eigenvalue weighted by molar-refractivity contribution is -0.229. The maximum Gasteiger partial charge on any atom is 0.416 e. The summed E-state index contributed by atoms with van der Waals surface area (Å²) in [5, 5.41) is 0. The molecule has 3 nitrogen and oxygen atoms in total. The fraction of sp³-hybridized carbons (Fsp3) is 0.613. The molecule has 0 atom stereocenters. The van der Waals surface area contributed by atoms with Gasteiger partial charge in [0.1, 0.15) is 17.4 Å². The molecule has 41 heavy (non-hydrogen) atoms. The van der Waals surface area contributed by atoms with Crippen molar-refractivity contribution in [2.45, 2.75) is 76.9 Å². The average molecular weight is 589 g/mol. The molecule has 0 bridgehead atoms. The summed E-state index contributed by atoms with van der Waals surface area (Å²) in [6.07, 6.45) is -2.53. The molecule has 0 radical (unpaired) electrons. The second-order valence-corrected chi connectivity index (χ2v) is 11.9. The van der Waals surface area contributed by atoms with Crippen molar-refractivity contribution in [3.8, 4) is 16.9 Å². The van der Waals surface area contributed by atoms with Crippen LogP contribution in [0, 0.1) is 41.2 Å². The Hall–Kier alpha value is -2.33. The van der Waals surface area contributed by atoms with Gasteiger partial charge >= 0.3 is 12.3 Å². The highest BCUT2D eigenvalue weighted by molar-refractivity contribution is 5.66. The molecule has 2 aromatic carbocycles. The molecule has 3 aliphatic rings. The molecular formula is C31H35F7O3. The van der Waals surface area contributed by atoms with Gasteiger partial charge < -0.3 is 14.2 Å². The molecule has 0 N–H and O–H groups in total. The zero-order chi connectivity index (χ0) is 29.4. The minimum absolute atomic E-state index is 0.141. The van der Waals surface area contributed by atoms with Gasteiger partial charge in [-0.15, -0.1) is 0 Å². The molecule has 0 spiro atoms. The van der Waals surface area contributed by atoms with Crippen LogP contribution in [0.15, 0.2) is 36.4 Å². The molecule has 0 unspecified atom stereocenters. The minimum atomic E-state index is -4.60. The monoisotopic (exact) mass is 588 g/mol. The standard InChI is InChI=1S/C31H35F7O3/c1-18-16-39-29(40-17-18)22-4-2-19(3-5-22)20-6-12-24(13-7-20)31(37,38)41-25-14-26(32)28(27(33)15-25)21-8-10-23(11-9-21)30(34,35)36/h8-11,14-15,18-20,22,24,29H,2-7,12-13,16-17H2,1H3. The van der Waals surface area contributed by atoms with E-state index < -0.39 is 46.7 Å². The van der Waals surface area contributed by atoms with Crippen LogP contribution in [0.2, 0.25) is 0 Å². The van der Waals surface area contributed by atoms with E-state index in [9.17, 15) is 22.0 Å². The smallest absolute Gasteiger partial charge is 0.416 e. The molecule has 0 aromatic heterocycles. The normalized spacial score (nSPS) is 29.8. The predicted octanol–water partition coefficient (Wildman–Crippen LogP) is 9.24. The van der Waals surface area contributed by atoms with E-state index in [-0.39, 0.29) is 24.7 Å². The Morgan fingerprint density at radius 3 is 1.71 bits per heavy atom. The number of hydrogen-bond acceptors (Lipinski definition) is 3. The van der Waals surface area contributed by atoms with Crippen molar-refractivity contribution in [1.82, 2.24) is 0 Å². The third kappa shape index (κ3) is 7.01. The molecule has 1 saturated heterocycles. The van der Waals surface area contributed by atoms with Crippen LogP contribution in [-0.4, -0.2) is 25.6 Å². The molecule has 226 valence electrons. The highest BCUT2D eigenvalue weighted by atomic mass is 19.4.